The number of ether oxygens (including phenoxy) is 1. The molecule has 1 aliphatic rings. The van der Waals surface area contributed by atoms with Crippen molar-refractivity contribution in [2.45, 2.75) is 38.9 Å². The molecule has 30 heavy (non-hydrogen) atoms. The standard InChI is InChI=1S/C25H27N3O2/c1-16-12-21(17(2)29)23-14-22(25(15-26)27-24(23)13-16)18-4-6-19(7-5-18)28-10-8-20(30-3)9-11-28/h4-7,12-14,17,20,29H,8-11H2,1-3H3. The summed E-state index contributed by atoms with van der Waals surface area (Å²) in [4.78, 5) is 6.98. The van der Waals surface area contributed by atoms with Crippen molar-refractivity contribution < 1.29 is 9.84 Å². The van der Waals surface area contributed by atoms with Gasteiger partial charge in [-0.05, 0) is 67.6 Å². The highest BCUT2D eigenvalue weighted by molar-refractivity contribution is 5.89. The molecule has 2 heterocycles. The monoisotopic (exact) mass is 401 g/mol. The van der Waals surface area contributed by atoms with Gasteiger partial charge in [0.05, 0.1) is 17.7 Å². The minimum absolute atomic E-state index is 0.356. The fourth-order valence-electron chi connectivity index (χ4n) is 4.30. The van der Waals surface area contributed by atoms with Gasteiger partial charge in [0, 0.05) is 36.8 Å². The van der Waals surface area contributed by atoms with Crippen molar-refractivity contribution in [1.29, 1.82) is 5.26 Å². The molecule has 154 valence electrons. The molecule has 1 fully saturated rings. The summed E-state index contributed by atoms with van der Waals surface area (Å²) in [6, 6.07) is 16.5. The summed E-state index contributed by atoms with van der Waals surface area (Å²) in [6.07, 6.45) is 1.82. The van der Waals surface area contributed by atoms with E-state index in [2.05, 4.69) is 40.2 Å². The molecule has 0 radical (unpaired) electrons. The Balaban J connectivity index is 1.71. The second-order valence-corrected chi connectivity index (χ2v) is 8.06. The lowest BCUT2D eigenvalue weighted by Crippen LogP contribution is -2.36. The maximum absolute atomic E-state index is 10.2. The highest BCUT2D eigenvalue weighted by Gasteiger charge is 2.19. The number of nitrogens with zero attached hydrogens (tertiary/aromatic N) is 3. The van der Waals surface area contributed by atoms with Gasteiger partial charge in [-0.2, -0.15) is 5.26 Å². The van der Waals surface area contributed by atoms with Gasteiger partial charge in [0.2, 0.25) is 0 Å². The van der Waals surface area contributed by atoms with Crippen LogP contribution in [0, 0.1) is 18.3 Å². The van der Waals surface area contributed by atoms with Crippen LogP contribution in [0.2, 0.25) is 0 Å². The van der Waals surface area contributed by atoms with Crippen molar-refractivity contribution in [3.63, 3.8) is 0 Å². The quantitative estimate of drug-likeness (QED) is 0.683. The molecule has 3 aromatic rings. The molecule has 0 aliphatic carbocycles. The van der Waals surface area contributed by atoms with Crippen molar-refractivity contribution in [2.24, 2.45) is 0 Å². The average molecular weight is 402 g/mol. The van der Waals surface area contributed by atoms with Crippen molar-refractivity contribution >= 4 is 16.6 Å². The number of rotatable bonds is 4. The third-order valence-electron chi connectivity index (χ3n) is 5.99. The molecule has 0 spiro atoms. The molecule has 4 rings (SSSR count). The molecule has 0 bridgehead atoms. The van der Waals surface area contributed by atoms with E-state index in [-0.39, 0.29) is 0 Å². The molecule has 1 aliphatic heterocycles. The van der Waals surface area contributed by atoms with E-state index in [9.17, 15) is 10.4 Å². The molecule has 1 unspecified atom stereocenters. The van der Waals surface area contributed by atoms with Crippen LogP contribution >= 0.6 is 0 Å². The summed E-state index contributed by atoms with van der Waals surface area (Å²) in [6.45, 7) is 5.70. The predicted molar refractivity (Wildman–Crippen MR) is 120 cm³/mol. The van der Waals surface area contributed by atoms with Crippen LogP contribution in [0.15, 0.2) is 42.5 Å². The summed E-state index contributed by atoms with van der Waals surface area (Å²) in [7, 11) is 1.78. The normalized spacial score (nSPS) is 15.9. The number of pyridine rings is 1. The van der Waals surface area contributed by atoms with Gasteiger partial charge in [0.15, 0.2) is 0 Å². The Bertz CT molecular complexity index is 1090. The fraction of sp³-hybridized carbons (Fsp3) is 0.360. The number of methoxy groups -OCH3 is 1. The molecule has 0 saturated carbocycles. The molecular weight excluding hydrogens is 374 g/mol. The molecule has 5 heteroatoms. The smallest absolute Gasteiger partial charge is 0.149 e. The zero-order valence-corrected chi connectivity index (χ0v) is 17.7. The maximum Gasteiger partial charge on any atom is 0.149 e. The van der Waals surface area contributed by atoms with Gasteiger partial charge in [-0.25, -0.2) is 4.98 Å². The van der Waals surface area contributed by atoms with Crippen LogP contribution in [0.1, 0.15) is 42.7 Å². The number of fused-ring (bicyclic) bond motifs is 1. The van der Waals surface area contributed by atoms with Crippen LogP contribution in [-0.2, 0) is 4.74 Å². The highest BCUT2D eigenvalue weighted by Crippen LogP contribution is 2.32. The van der Waals surface area contributed by atoms with Gasteiger partial charge in [-0.1, -0.05) is 18.2 Å². The first-order valence-electron chi connectivity index (χ1n) is 10.4. The van der Waals surface area contributed by atoms with E-state index >= 15 is 0 Å². The Morgan fingerprint density at radius 1 is 1.17 bits per heavy atom. The Kier molecular flexibility index (Phi) is 5.72. The van der Waals surface area contributed by atoms with Gasteiger partial charge in [-0.3, -0.25) is 0 Å². The van der Waals surface area contributed by atoms with Gasteiger partial charge in [0.25, 0.3) is 0 Å². The number of hydrogen-bond acceptors (Lipinski definition) is 5. The largest absolute Gasteiger partial charge is 0.389 e. The van der Waals surface area contributed by atoms with Gasteiger partial charge in [0.1, 0.15) is 11.8 Å². The third kappa shape index (κ3) is 3.89. The molecule has 1 saturated heterocycles. The van der Waals surface area contributed by atoms with Gasteiger partial charge < -0.3 is 14.7 Å². The Labute approximate surface area is 177 Å². The highest BCUT2D eigenvalue weighted by atomic mass is 16.5. The first-order chi connectivity index (χ1) is 14.5. The number of hydrogen-bond donors (Lipinski definition) is 1. The molecule has 2 aromatic carbocycles. The van der Waals surface area contributed by atoms with Crippen LogP contribution in [0.25, 0.3) is 22.0 Å². The molecule has 5 nitrogen and oxygen atoms in total. The lowest BCUT2D eigenvalue weighted by molar-refractivity contribution is 0.0819. The number of aromatic nitrogens is 1. The van der Waals surface area contributed by atoms with Crippen molar-refractivity contribution in [3.8, 4) is 17.2 Å². The average Bonchev–Trinajstić information content (AvgIpc) is 2.77. The van der Waals surface area contributed by atoms with E-state index in [1.165, 1.54) is 5.69 Å². The summed E-state index contributed by atoms with van der Waals surface area (Å²) < 4.78 is 5.46. The number of aryl methyl sites for hydroxylation is 1. The number of aliphatic hydroxyl groups excluding tert-OH is 1. The van der Waals surface area contributed by atoms with Crippen LogP contribution in [0.3, 0.4) is 0 Å². The number of anilines is 1. The number of aliphatic hydroxyl groups is 1. The second kappa shape index (κ2) is 8.43. The maximum atomic E-state index is 10.2. The van der Waals surface area contributed by atoms with Crippen LogP contribution in [-0.4, -0.2) is 36.4 Å². The lowest BCUT2D eigenvalue weighted by atomic mass is 9.96. The topological polar surface area (TPSA) is 69.4 Å². The van der Waals surface area contributed by atoms with E-state index in [0.717, 1.165) is 59.1 Å². The van der Waals surface area contributed by atoms with Crippen LogP contribution in [0.5, 0.6) is 0 Å². The van der Waals surface area contributed by atoms with E-state index < -0.39 is 6.10 Å². The van der Waals surface area contributed by atoms with Crippen molar-refractivity contribution in [2.75, 3.05) is 25.1 Å². The first kappa shape index (κ1) is 20.3. The fourth-order valence-corrected chi connectivity index (χ4v) is 4.30. The zero-order valence-electron chi connectivity index (χ0n) is 17.7. The van der Waals surface area contributed by atoms with Gasteiger partial charge >= 0.3 is 0 Å². The zero-order chi connectivity index (χ0) is 21.3. The molecule has 1 N–H and O–H groups in total. The number of nitriles is 1. The number of benzene rings is 2. The molecule has 1 aromatic heterocycles. The molecular formula is C25H27N3O2. The van der Waals surface area contributed by atoms with E-state index in [1.54, 1.807) is 14.0 Å². The van der Waals surface area contributed by atoms with Crippen LogP contribution in [0.4, 0.5) is 5.69 Å². The van der Waals surface area contributed by atoms with E-state index in [0.29, 0.717) is 11.8 Å². The molecule has 1 atom stereocenters. The first-order valence-corrected chi connectivity index (χ1v) is 10.4. The number of piperidine rings is 1. The van der Waals surface area contributed by atoms with Crippen molar-refractivity contribution in [3.05, 3.63) is 59.3 Å². The Morgan fingerprint density at radius 2 is 1.87 bits per heavy atom. The van der Waals surface area contributed by atoms with E-state index in [1.807, 2.05) is 25.1 Å². The van der Waals surface area contributed by atoms with E-state index in [4.69, 9.17) is 4.74 Å². The summed E-state index contributed by atoms with van der Waals surface area (Å²) >= 11 is 0. The van der Waals surface area contributed by atoms with Gasteiger partial charge in [-0.15, -0.1) is 0 Å². The predicted octanol–water partition coefficient (Wildman–Crippen LogP) is 4.75. The van der Waals surface area contributed by atoms with Crippen molar-refractivity contribution in [1.82, 2.24) is 4.98 Å². The van der Waals surface area contributed by atoms with Crippen LogP contribution < -0.4 is 4.90 Å². The third-order valence-corrected chi connectivity index (χ3v) is 5.99. The molecule has 0 amide bonds. The minimum Gasteiger partial charge on any atom is -0.389 e. The minimum atomic E-state index is -0.604. The summed E-state index contributed by atoms with van der Waals surface area (Å²) in [5, 5.41) is 20.8. The second-order valence-electron chi connectivity index (χ2n) is 8.06. The SMILES string of the molecule is COC1CCN(c2ccc(-c3cc4c(C(C)O)cc(C)cc4nc3C#N)cc2)CC1. The summed E-state index contributed by atoms with van der Waals surface area (Å²) in [5.41, 5.74) is 5.92. The summed E-state index contributed by atoms with van der Waals surface area (Å²) in [5.74, 6) is 0. The Morgan fingerprint density at radius 3 is 2.47 bits per heavy atom. The lowest BCUT2D eigenvalue weighted by Gasteiger charge is -2.33. The Hall–Kier alpha value is -2.94.